The van der Waals surface area contributed by atoms with Crippen LogP contribution in [-0.4, -0.2) is 42.6 Å². The first-order valence-electron chi connectivity index (χ1n) is 9.50. The molecule has 1 aliphatic rings. The van der Waals surface area contributed by atoms with Crippen LogP contribution in [0.4, 0.5) is 0 Å². The number of nitrogens with one attached hydrogen (secondary N) is 1. The Bertz CT molecular complexity index is 899. The molecule has 7 nitrogen and oxygen atoms in total. The molecule has 1 heterocycles. The van der Waals surface area contributed by atoms with Crippen molar-refractivity contribution >= 4 is 17.8 Å². The average molecular weight is 396 g/mol. The van der Waals surface area contributed by atoms with Gasteiger partial charge in [0, 0.05) is 6.20 Å². The van der Waals surface area contributed by atoms with Crippen LogP contribution < -0.4 is 5.32 Å². The van der Waals surface area contributed by atoms with Crippen LogP contribution in [0.25, 0.3) is 0 Å². The van der Waals surface area contributed by atoms with Gasteiger partial charge in [0.25, 0.3) is 5.91 Å². The van der Waals surface area contributed by atoms with Gasteiger partial charge in [0.15, 0.2) is 0 Å². The van der Waals surface area contributed by atoms with E-state index in [4.69, 9.17) is 9.47 Å². The van der Waals surface area contributed by atoms with Gasteiger partial charge in [-0.25, -0.2) is 9.59 Å². The summed E-state index contributed by atoms with van der Waals surface area (Å²) in [5.74, 6) is -1.46. The van der Waals surface area contributed by atoms with Gasteiger partial charge >= 0.3 is 11.9 Å². The molecule has 2 unspecified atom stereocenters. The van der Waals surface area contributed by atoms with Crippen molar-refractivity contribution < 1.29 is 23.9 Å². The van der Waals surface area contributed by atoms with Crippen molar-refractivity contribution in [2.75, 3.05) is 14.2 Å². The summed E-state index contributed by atoms with van der Waals surface area (Å²) in [6.45, 7) is 0. The summed E-state index contributed by atoms with van der Waals surface area (Å²) in [5.41, 5.74) is 0.319. The van der Waals surface area contributed by atoms with Gasteiger partial charge in [0.05, 0.1) is 19.8 Å². The predicted molar refractivity (Wildman–Crippen MR) is 105 cm³/mol. The fraction of sp³-hybridized carbons (Fsp3) is 0.364. The number of nitrogens with zero attached hydrogens (tertiary/aromatic N) is 1. The molecule has 2 atom stereocenters. The fourth-order valence-electron chi connectivity index (χ4n) is 4.01. The number of methoxy groups -OCH3 is 2. The van der Waals surface area contributed by atoms with Crippen molar-refractivity contribution in [3.63, 3.8) is 0 Å². The summed E-state index contributed by atoms with van der Waals surface area (Å²) in [6, 6.07) is 12.2. The first-order valence-corrected chi connectivity index (χ1v) is 9.50. The molecule has 0 aliphatic heterocycles. The van der Waals surface area contributed by atoms with Gasteiger partial charge in [-0.3, -0.25) is 9.78 Å². The molecular weight excluding hydrogens is 372 g/mol. The van der Waals surface area contributed by atoms with Crippen LogP contribution in [0.15, 0.2) is 48.7 Å². The molecular formula is C22H24N2O5. The minimum Gasteiger partial charge on any atom is -0.467 e. The largest absolute Gasteiger partial charge is 0.467 e. The summed E-state index contributed by atoms with van der Waals surface area (Å²) < 4.78 is 9.95. The maximum absolute atomic E-state index is 12.8. The minimum absolute atomic E-state index is 0.109. The fourth-order valence-corrected chi connectivity index (χ4v) is 4.01. The molecule has 7 heteroatoms. The van der Waals surface area contributed by atoms with Crippen molar-refractivity contribution in [2.24, 2.45) is 0 Å². The van der Waals surface area contributed by atoms with Crippen LogP contribution in [0.5, 0.6) is 0 Å². The van der Waals surface area contributed by atoms with Crippen molar-refractivity contribution in [2.45, 2.75) is 37.1 Å². The number of aromatic nitrogens is 1. The SMILES string of the molecule is COC(=O)c1ccccc1C1CCCC(NC(=O)c2ccccn2)(C(=O)OC)C1. The van der Waals surface area contributed by atoms with E-state index >= 15 is 0 Å². The highest BCUT2D eigenvalue weighted by molar-refractivity contribution is 5.97. The number of carbonyl (C=O) groups excluding carboxylic acids is 3. The third kappa shape index (κ3) is 4.29. The molecule has 1 N–H and O–H groups in total. The van der Waals surface area contributed by atoms with Gasteiger partial charge in [0.2, 0.25) is 0 Å². The van der Waals surface area contributed by atoms with Crippen LogP contribution in [0.2, 0.25) is 0 Å². The molecule has 1 aromatic carbocycles. The topological polar surface area (TPSA) is 94.6 Å². The second-order valence-electron chi connectivity index (χ2n) is 7.11. The van der Waals surface area contributed by atoms with E-state index in [9.17, 15) is 14.4 Å². The van der Waals surface area contributed by atoms with Gasteiger partial charge in [0.1, 0.15) is 11.2 Å². The zero-order valence-corrected chi connectivity index (χ0v) is 16.5. The number of ether oxygens (including phenoxy) is 2. The normalized spacial score (nSPS) is 21.1. The maximum Gasteiger partial charge on any atom is 0.338 e. The molecule has 152 valence electrons. The summed E-state index contributed by atoms with van der Waals surface area (Å²) >= 11 is 0. The Morgan fingerprint density at radius 3 is 2.52 bits per heavy atom. The third-order valence-electron chi connectivity index (χ3n) is 5.38. The summed E-state index contributed by atoms with van der Waals surface area (Å²) in [4.78, 5) is 41.8. The first kappa shape index (κ1) is 20.5. The highest BCUT2D eigenvalue weighted by atomic mass is 16.5. The lowest BCUT2D eigenvalue weighted by Gasteiger charge is -2.39. The van der Waals surface area contributed by atoms with Crippen LogP contribution in [0.3, 0.4) is 0 Å². The number of esters is 2. The molecule has 29 heavy (non-hydrogen) atoms. The zero-order chi connectivity index (χ0) is 20.9. The van der Waals surface area contributed by atoms with E-state index in [-0.39, 0.29) is 11.6 Å². The van der Waals surface area contributed by atoms with Gasteiger partial charge in [-0.2, -0.15) is 0 Å². The third-order valence-corrected chi connectivity index (χ3v) is 5.38. The van der Waals surface area contributed by atoms with E-state index in [2.05, 4.69) is 10.3 Å². The quantitative estimate of drug-likeness (QED) is 0.781. The Morgan fingerprint density at radius 1 is 1.07 bits per heavy atom. The van der Waals surface area contributed by atoms with Crippen molar-refractivity contribution in [3.05, 3.63) is 65.5 Å². The lowest BCUT2D eigenvalue weighted by Crippen LogP contribution is -2.57. The van der Waals surface area contributed by atoms with Crippen LogP contribution in [0, 0.1) is 0 Å². The van der Waals surface area contributed by atoms with E-state index in [0.717, 1.165) is 12.0 Å². The van der Waals surface area contributed by atoms with E-state index in [1.807, 2.05) is 12.1 Å². The first-order chi connectivity index (χ1) is 14.0. The Morgan fingerprint density at radius 2 is 1.83 bits per heavy atom. The van der Waals surface area contributed by atoms with Crippen molar-refractivity contribution in [3.8, 4) is 0 Å². The molecule has 0 saturated heterocycles. The summed E-state index contributed by atoms with van der Waals surface area (Å²) in [6.07, 6.45) is 3.78. The van der Waals surface area contributed by atoms with Gasteiger partial charge < -0.3 is 14.8 Å². The monoisotopic (exact) mass is 396 g/mol. The molecule has 3 rings (SSSR count). The minimum atomic E-state index is -1.19. The lowest BCUT2D eigenvalue weighted by atomic mass is 9.72. The molecule has 0 spiro atoms. The second kappa shape index (κ2) is 8.86. The van der Waals surface area contributed by atoms with Gasteiger partial charge in [-0.15, -0.1) is 0 Å². The summed E-state index contributed by atoms with van der Waals surface area (Å²) in [5, 5.41) is 2.87. The van der Waals surface area contributed by atoms with E-state index in [1.165, 1.54) is 20.4 Å². The maximum atomic E-state index is 12.8. The summed E-state index contributed by atoms with van der Waals surface area (Å²) in [7, 11) is 2.65. The molecule has 1 amide bonds. The average Bonchev–Trinajstić information content (AvgIpc) is 2.78. The molecule has 0 radical (unpaired) electrons. The number of rotatable bonds is 5. The standard InChI is InChI=1S/C22H24N2O5/c1-28-20(26)17-10-4-3-9-16(17)15-8-7-12-22(14-15,21(27)29-2)24-19(25)18-11-5-6-13-23-18/h3-6,9-11,13,15H,7-8,12,14H2,1-2H3,(H,24,25). The molecule has 2 aromatic rings. The Labute approximate surface area is 169 Å². The van der Waals surface area contributed by atoms with Crippen molar-refractivity contribution in [1.29, 1.82) is 0 Å². The van der Waals surface area contributed by atoms with E-state index in [0.29, 0.717) is 24.8 Å². The van der Waals surface area contributed by atoms with Crippen LogP contribution >= 0.6 is 0 Å². The molecule has 1 aliphatic carbocycles. The number of carbonyl (C=O) groups is 3. The van der Waals surface area contributed by atoms with E-state index < -0.39 is 23.4 Å². The Hall–Kier alpha value is -3.22. The lowest BCUT2D eigenvalue weighted by molar-refractivity contribution is -0.150. The number of amides is 1. The zero-order valence-electron chi connectivity index (χ0n) is 16.5. The van der Waals surface area contributed by atoms with E-state index in [1.54, 1.807) is 30.3 Å². The predicted octanol–water partition coefficient (Wildman–Crippen LogP) is 2.87. The molecule has 1 fully saturated rings. The number of hydrogen-bond donors (Lipinski definition) is 1. The van der Waals surface area contributed by atoms with Gasteiger partial charge in [-0.05, 0) is 55.4 Å². The van der Waals surface area contributed by atoms with Crippen molar-refractivity contribution in [1.82, 2.24) is 10.3 Å². The van der Waals surface area contributed by atoms with Gasteiger partial charge in [-0.1, -0.05) is 24.3 Å². The Balaban J connectivity index is 1.92. The van der Waals surface area contributed by atoms with Crippen LogP contribution in [0.1, 0.15) is 58.0 Å². The highest BCUT2D eigenvalue weighted by Crippen LogP contribution is 2.40. The molecule has 1 aromatic heterocycles. The number of pyridine rings is 1. The molecule has 1 saturated carbocycles. The molecule has 0 bridgehead atoms. The number of benzene rings is 1. The number of hydrogen-bond acceptors (Lipinski definition) is 6. The smallest absolute Gasteiger partial charge is 0.338 e. The Kier molecular flexibility index (Phi) is 6.26. The second-order valence-corrected chi connectivity index (χ2v) is 7.11. The highest BCUT2D eigenvalue weighted by Gasteiger charge is 2.46. The van der Waals surface area contributed by atoms with Crippen LogP contribution in [-0.2, 0) is 14.3 Å².